The van der Waals surface area contributed by atoms with Gasteiger partial charge in [0.05, 0.1) is 43.4 Å². The quantitative estimate of drug-likeness (QED) is 0.484. The summed E-state index contributed by atoms with van der Waals surface area (Å²) in [6.07, 6.45) is 0.891. The summed E-state index contributed by atoms with van der Waals surface area (Å²) in [5, 5.41) is 2.61. The molecule has 0 aromatic heterocycles. The summed E-state index contributed by atoms with van der Waals surface area (Å²) in [5.74, 6) is -0.571. The molecule has 198 valence electrons. The molecule has 38 heavy (non-hydrogen) atoms. The van der Waals surface area contributed by atoms with E-state index in [1.807, 2.05) is 71.8 Å². The van der Waals surface area contributed by atoms with Crippen molar-refractivity contribution in [2.24, 2.45) is 4.99 Å². The molecule has 8 nitrogen and oxygen atoms in total. The molecule has 2 amide bonds. The van der Waals surface area contributed by atoms with Crippen molar-refractivity contribution in [3.8, 4) is 0 Å². The highest BCUT2D eigenvalue weighted by Gasteiger charge is 2.33. The van der Waals surface area contributed by atoms with Gasteiger partial charge in [-0.25, -0.2) is 9.18 Å². The molecule has 2 heterocycles. The summed E-state index contributed by atoms with van der Waals surface area (Å²) in [6, 6.07) is 24.7. The van der Waals surface area contributed by atoms with Gasteiger partial charge in [0.1, 0.15) is 11.9 Å². The molecule has 2 aliphatic rings. The van der Waals surface area contributed by atoms with E-state index < -0.39 is 12.2 Å². The number of aliphatic imine (C=N–C) groups is 1. The number of hydrogen-bond donors (Lipinski definition) is 1. The van der Waals surface area contributed by atoms with Crippen molar-refractivity contribution in [3.05, 3.63) is 90.2 Å². The molecule has 5 rings (SSSR count). The SMILES string of the molecule is C(=Nc1ccccc1)c1ccccc1.CC(=O)NC[C@H]1CN(c2ccc(N3CCOCC3)c(F)c2)C(=O)O1. The average Bonchev–Trinajstić information content (AvgIpc) is 3.33. The number of carbonyl (C=O) groups excluding carboxylic acids is 2. The Balaban J connectivity index is 0.000000204. The fraction of sp³-hybridized carbons (Fsp3) is 0.276. The lowest BCUT2D eigenvalue weighted by Gasteiger charge is -2.29. The Morgan fingerprint density at radius 2 is 1.74 bits per heavy atom. The smallest absolute Gasteiger partial charge is 0.414 e. The molecule has 0 aliphatic carbocycles. The molecule has 9 heteroatoms. The van der Waals surface area contributed by atoms with Crippen LogP contribution in [-0.2, 0) is 14.3 Å². The molecule has 3 aromatic rings. The molecule has 3 aromatic carbocycles. The highest BCUT2D eigenvalue weighted by atomic mass is 19.1. The lowest BCUT2D eigenvalue weighted by molar-refractivity contribution is -0.119. The number of ether oxygens (including phenoxy) is 2. The van der Waals surface area contributed by atoms with Gasteiger partial charge >= 0.3 is 6.09 Å². The van der Waals surface area contributed by atoms with Crippen LogP contribution >= 0.6 is 0 Å². The van der Waals surface area contributed by atoms with E-state index in [0.717, 1.165) is 11.3 Å². The number of morpholine rings is 1. The summed E-state index contributed by atoms with van der Waals surface area (Å²) in [4.78, 5) is 30.6. The van der Waals surface area contributed by atoms with Crippen LogP contribution in [-0.4, -0.2) is 63.7 Å². The Bertz CT molecular complexity index is 1190. The minimum atomic E-state index is -0.538. The van der Waals surface area contributed by atoms with Crippen LogP contribution in [0.15, 0.2) is 83.9 Å². The maximum absolute atomic E-state index is 14.4. The molecule has 0 spiro atoms. The number of carbonyl (C=O) groups is 2. The van der Waals surface area contributed by atoms with Crippen LogP contribution in [0.2, 0.25) is 0 Å². The third-order valence-corrected chi connectivity index (χ3v) is 5.97. The zero-order valence-electron chi connectivity index (χ0n) is 21.3. The minimum Gasteiger partial charge on any atom is -0.442 e. The maximum Gasteiger partial charge on any atom is 0.414 e. The van der Waals surface area contributed by atoms with Gasteiger partial charge in [-0.05, 0) is 35.9 Å². The van der Waals surface area contributed by atoms with E-state index in [4.69, 9.17) is 9.47 Å². The zero-order chi connectivity index (χ0) is 26.7. The first-order chi connectivity index (χ1) is 18.5. The van der Waals surface area contributed by atoms with Crippen molar-refractivity contribution in [1.82, 2.24) is 5.32 Å². The number of halogens is 1. The number of nitrogens with one attached hydrogen (secondary N) is 1. The van der Waals surface area contributed by atoms with Crippen LogP contribution in [0.1, 0.15) is 12.5 Å². The Hall–Kier alpha value is -4.24. The molecule has 1 N–H and O–H groups in total. The van der Waals surface area contributed by atoms with Crippen molar-refractivity contribution >= 4 is 35.3 Å². The second-order valence-corrected chi connectivity index (χ2v) is 8.79. The fourth-order valence-electron chi connectivity index (χ4n) is 4.02. The molecule has 0 saturated carbocycles. The van der Waals surface area contributed by atoms with E-state index in [-0.39, 0.29) is 24.8 Å². The lowest BCUT2D eigenvalue weighted by atomic mass is 10.2. The summed E-state index contributed by atoms with van der Waals surface area (Å²) in [7, 11) is 0. The highest BCUT2D eigenvalue weighted by molar-refractivity contribution is 5.90. The second-order valence-electron chi connectivity index (χ2n) is 8.79. The van der Waals surface area contributed by atoms with E-state index in [0.29, 0.717) is 37.7 Å². The van der Waals surface area contributed by atoms with Gasteiger partial charge in [-0.15, -0.1) is 0 Å². The summed E-state index contributed by atoms with van der Waals surface area (Å²) < 4.78 is 24.9. The van der Waals surface area contributed by atoms with Crippen LogP contribution in [0.3, 0.4) is 0 Å². The first-order valence-electron chi connectivity index (χ1n) is 12.5. The van der Waals surface area contributed by atoms with E-state index in [1.165, 1.54) is 17.9 Å². The summed E-state index contributed by atoms with van der Waals surface area (Å²) in [6.45, 7) is 4.34. The van der Waals surface area contributed by atoms with Crippen LogP contribution in [0.4, 0.5) is 26.2 Å². The predicted molar refractivity (Wildman–Crippen MR) is 146 cm³/mol. The van der Waals surface area contributed by atoms with Crippen LogP contribution < -0.4 is 15.1 Å². The lowest BCUT2D eigenvalue weighted by Crippen LogP contribution is -2.36. The minimum absolute atomic E-state index is 0.189. The van der Waals surface area contributed by atoms with Crippen molar-refractivity contribution in [3.63, 3.8) is 0 Å². The standard InChI is InChI=1S/C16H20FN3O4.C13H11N/c1-11(21)18-9-13-10-20(16(22)24-13)12-2-3-15(14(17)8-12)19-4-6-23-7-5-19;1-3-7-12(8-4-1)11-14-13-9-5-2-6-10-13/h2-3,8,13H,4-7,9-10H2,1H3,(H,18,21);1-11H/t13-;/m0./s1. The van der Waals surface area contributed by atoms with Gasteiger partial charge in [0.2, 0.25) is 5.91 Å². The molecular weight excluding hydrogens is 487 g/mol. The largest absolute Gasteiger partial charge is 0.442 e. The van der Waals surface area contributed by atoms with Gasteiger partial charge in [-0.1, -0.05) is 48.5 Å². The van der Waals surface area contributed by atoms with E-state index in [1.54, 1.807) is 12.1 Å². The molecule has 1 atom stereocenters. The van der Waals surface area contributed by atoms with Crippen molar-refractivity contribution in [2.45, 2.75) is 13.0 Å². The van der Waals surface area contributed by atoms with Gasteiger partial charge in [0.25, 0.3) is 0 Å². The first kappa shape index (κ1) is 26.8. The van der Waals surface area contributed by atoms with Crippen molar-refractivity contribution < 1.29 is 23.5 Å². The zero-order valence-corrected chi connectivity index (χ0v) is 21.3. The summed E-state index contributed by atoms with van der Waals surface area (Å²) >= 11 is 0. The van der Waals surface area contributed by atoms with Crippen LogP contribution in [0, 0.1) is 5.82 Å². The predicted octanol–water partition coefficient (Wildman–Crippen LogP) is 4.56. The topological polar surface area (TPSA) is 83.5 Å². The van der Waals surface area contributed by atoms with Crippen LogP contribution in [0.5, 0.6) is 0 Å². The van der Waals surface area contributed by atoms with Gasteiger partial charge in [-0.3, -0.25) is 14.7 Å². The number of para-hydroxylation sites is 1. The highest BCUT2D eigenvalue weighted by Crippen LogP contribution is 2.28. The van der Waals surface area contributed by atoms with Gasteiger partial charge in [0.15, 0.2) is 0 Å². The molecule has 0 radical (unpaired) electrons. The number of rotatable bonds is 6. The Morgan fingerprint density at radius 3 is 2.39 bits per heavy atom. The average molecular weight is 519 g/mol. The first-order valence-corrected chi connectivity index (χ1v) is 12.5. The number of cyclic esters (lactones) is 1. The van der Waals surface area contributed by atoms with E-state index >= 15 is 0 Å². The molecule has 2 aliphatic heterocycles. The molecule has 2 fully saturated rings. The number of amides is 2. The molecule has 2 saturated heterocycles. The monoisotopic (exact) mass is 518 g/mol. The third kappa shape index (κ3) is 7.63. The second kappa shape index (κ2) is 13.3. The van der Waals surface area contributed by atoms with Crippen LogP contribution in [0.25, 0.3) is 0 Å². The maximum atomic E-state index is 14.4. The van der Waals surface area contributed by atoms with E-state index in [9.17, 15) is 14.0 Å². The fourth-order valence-corrected chi connectivity index (χ4v) is 4.02. The Morgan fingerprint density at radius 1 is 1.05 bits per heavy atom. The third-order valence-electron chi connectivity index (χ3n) is 5.97. The van der Waals surface area contributed by atoms with Crippen molar-refractivity contribution in [1.29, 1.82) is 0 Å². The molecular formula is C29H31FN4O4. The number of nitrogens with zero attached hydrogens (tertiary/aromatic N) is 3. The summed E-state index contributed by atoms with van der Waals surface area (Å²) in [5.41, 5.74) is 3.05. The molecule has 0 bridgehead atoms. The number of hydrogen-bond acceptors (Lipinski definition) is 6. The molecule has 0 unspecified atom stereocenters. The number of benzene rings is 3. The number of anilines is 2. The van der Waals surface area contributed by atoms with Gasteiger partial charge in [-0.2, -0.15) is 0 Å². The van der Waals surface area contributed by atoms with Crippen molar-refractivity contribution in [2.75, 3.05) is 49.2 Å². The van der Waals surface area contributed by atoms with Gasteiger partial charge < -0.3 is 19.7 Å². The Labute approximate surface area is 221 Å². The van der Waals surface area contributed by atoms with E-state index in [2.05, 4.69) is 10.3 Å². The Kier molecular flexibility index (Phi) is 9.42. The van der Waals surface area contributed by atoms with Gasteiger partial charge in [0, 0.05) is 26.2 Å². The normalized spacial score (nSPS) is 17.1.